The summed E-state index contributed by atoms with van der Waals surface area (Å²) in [7, 11) is 1.59. The maximum Gasteiger partial charge on any atom is 0.276 e. The molecule has 0 spiro atoms. The number of imide groups is 1. The summed E-state index contributed by atoms with van der Waals surface area (Å²) >= 11 is 0. The zero-order valence-corrected chi connectivity index (χ0v) is 7.41. The van der Waals surface area contributed by atoms with Gasteiger partial charge in [-0.15, -0.1) is 0 Å². The maximum atomic E-state index is 11.3. The summed E-state index contributed by atoms with van der Waals surface area (Å²) < 4.78 is 0. The number of aliphatic hydroxyl groups is 1. The van der Waals surface area contributed by atoms with Gasteiger partial charge in [-0.2, -0.15) is 0 Å². The number of rotatable bonds is 4. The zero-order chi connectivity index (χ0) is 9.84. The van der Waals surface area contributed by atoms with Gasteiger partial charge in [0, 0.05) is 26.3 Å². The highest BCUT2D eigenvalue weighted by molar-refractivity contribution is 6.15. The van der Waals surface area contributed by atoms with Crippen molar-refractivity contribution in [1.29, 1.82) is 0 Å². The number of amides is 2. The van der Waals surface area contributed by atoms with Crippen LogP contribution in [0.25, 0.3) is 0 Å². The largest absolute Gasteiger partial charge is 0.396 e. The molecule has 5 nitrogen and oxygen atoms in total. The van der Waals surface area contributed by atoms with Crippen LogP contribution < -0.4 is 5.32 Å². The van der Waals surface area contributed by atoms with Crippen LogP contribution in [-0.4, -0.2) is 42.0 Å². The van der Waals surface area contributed by atoms with Gasteiger partial charge in [-0.1, -0.05) is 0 Å². The molecule has 0 atom stereocenters. The van der Waals surface area contributed by atoms with Gasteiger partial charge in [-0.25, -0.2) is 0 Å². The summed E-state index contributed by atoms with van der Waals surface area (Å²) in [5.74, 6) is -0.635. The lowest BCUT2D eigenvalue weighted by atomic mass is 10.4. The fourth-order valence-electron chi connectivity index (χ4n) is 1.13. The molecule has 0 unspecified atom stereocenters. The highest BCUT2D eigenvalue weighted by Crippen LogP contribution is 2.09. The third-order valence-corrected chi connectivity index (χ3v) is 1.82. The van der Waals surface area contributed by atoms with E-state index in [1.807, 2.05) is 0 Å². The van der Waals surface area contributed by atoms with Gasteiger partial charge >= 0.3 is 0 Å². The van der Waals surface area contributed by atoms with E-state index in [2.05, 4.69) is 5.32 Å². The Kier molecular flexibility index (Phi) is 3.02. The Morgan fingerprint density at radius 2 is 2.23 bits per heavy atom. The van der Waals surface area contributed by atoms with Crippen molar-refractivity contribution < 1.29 is 14.7 Å². The smallest absolute Gasteiger partial charge is 0.276 e. The van der Waals surface area contributed by atoms with Crippen LogP contribution in [0.5, 0.6) is 0 Å². The minimum atomic E-state index is -0.319. The van der Waals surface area contributed by atoms with Crippen LogP contribution in [0.4, 0.5) is 0 Å². The van der Waals surface area contributed by atoms with Crippen LogP contribution >= 0.6 is 0 Å². The van der Waals surface area contributed by atoms with E-state index in [9.17, 15) is 9.59 Å². The molecule has 72 valence electrons. The Morgan fingerprint density at radius 3 is 2.69 bits per heavy atom. The summed E-state index contributed by atoms with van der Waals surface area (Å²) in [4.78, 5) is 23.6. The van der Waals surface area contributed by atoms with E-state index in [4.69, 9.17) is 5.11 Å². The van der Waals surface area contributed by atoms with E-state index in [0.717, 1.165) is 4.90 Å². The maximum absolute atomic E-state index is 11.3. The molecule has 1 aliphatic heterocycles. The molecular weight excluding hydrogens is 172 g/mol. The van der Waals surface area contributed by atoms with Crippen LogP contribution in [0.15, 0.2) is 11.8 Å². The summed E-state index contributed by atoms with van der Waals surface area (Å²) in [5.41, 5.74) is 0.308. The van der Waals surface area contributed by atoms with Crippen LogP contribution in [0, 0.1) is 0 Å². The predicted octanol–water partition coefficient (Wildman–Crippen LogP) is -1.16. The van der Waals surface area contributed by atoms with Crippen LogP contribution in [-0.2, 0) is 9.59 Å². The number of carbonyl (C=O) groups excluding carboxylic acids is 2. The van der Waals surface area contributed by atoms with Crippen molar-refractivity contribution >= 4 is 11.8 Å². The molecule has 0 bridgehead atoms. The van der Waals surface area contributed by atoms with Crippen LogP contribution in [0.2, 0.25) is 0 Å². The van der Waals surface area contributed by atoms with Gasteiger partial charge < -0.3 is 10.4 Å². The average molecular weight is 184 g/mol. The molecule has 1 aliphatic rings. The molecule has 1 heterocycles. The Bertz CT molecular complexity index is 260. The molecule has 0 aromatic carbocycles. The molecule has 0 aliphatic carbocycles. The molecule has 0 saturated heterocycles. The Balaban J connectivity index is 2.61. The number of likely N-dealkylation sites (N-methyl/N-ethyl adjacent to an activating group) is 1. The molecule has 2 amide bonds. The normalized spacial score (nSPS) is 16.5. The number of carbonyl (C=O) groups is 2. The molecule has 0 fully saturated rings. The molecule has 0 radical (unpaired) electrons. The summed E-state index contributed by atoms with van der Waals surface area (Å²) in [6.07, 6.45) is 1.68. The third-order valence-electron chi connectivity index (χ3n) is 1.82. The standard InChI is InChI=1S/C8H12N2O3/c1-9-6-5-7(12)10(8(6)13)3-2-4-11/h5,9,11H,2-4H2,1H3. The summed E-state index contributed by atoms with van der Waals surface area (Å²) in [5, 5.41) is 11.2. The highest BCUT2D eigenvalue weighted by atomic mass is 16.3. The first-order valence-electron chi connectivity index (χ1n) is 4.07. The lowest BCUT2D eigenvalue weighted by Gasteiger charge is -2.13. The number of nitrogens with zero attached hydrogens (tertiary/aromatic N) is 1. The summed E-state index contributed by atoms with van der Waals surface area (Å²) in [6, 6.07) is 0. The molecule has 13 heavy (non-hydrogen) atoms. The lowest BCUT2D eigenvalue weighted by molar-refractivity contribution is -0.137. The topological polar surface area (TPSA) is 69.6 Å². The van der Waals surface area contributed by atoms with Crippen molar-refractivity contribution in [2.45, 2.75) is 6.42 Å². The second-order valence-corrected chi connectivity index (χ2v) is 2.68. The van der Waals surface area contributed by atoms with Gasteiger partial charge in [0.2, 0.25) is 0 Å². The molecule has 1 rings (SSSR count). The number of hydrogen-bond donors (Lipinski definition) is 2. The van der Waals surface area contributed by atoms with Gasteiger partial charge in [0.15, 0.2) is 0 Å². The quantitative estimate of drug-likeness (QED) is 0.541. The summed E-state index contributed by atoms with van der Waals surface area (Å²) in [6.45, 7) is 0.252. The Hall–Kier alpha value is -1.36. The van der Waals surface area contributed by atoms with Crippen molar-refractivity contribution in [3.8, 4) is 0 Å². The minimum Gasteiger partial charge on any atom is -0.396 e. The first-order chi connectivity index (χ1) is 6.20. The van der Waals surface area contributed by atoms with Crippen LogP contribution in [0.3, 0.4) is 0 Å². The fraction of sp³-hybridized carbons (Fsp3) is 0.500. The van der Waals surface area contributed by atoms with Crippen molar-refractivity contribution in [2.75, 3.05) is 20.2 Å². The van der Waals surface area contributed by atoms with E-state index in [0.29, 0.717) is 12.1 Å². The molecular formula is C8H12N2O3. The van der Waals surface area contributed by atoms with Crippen LogP contribution in [0.1, 0.15) is 6.42 Å². The fourth-order valence-corrected chi connectivity index (χ4v) is 1.13. The number of nitrogens with one attached hydrogen (secondary N) is 1. The van der Waals surface area contributed by atoms with Gasteiger partial charge in [0.05, 0.1) is 0 Å². The van der Waals surface area contributed by atoms with E-state index >= 15 is 0 Å². The predicted molar refractivity (Wildman–Crippen MR) is 45.6 cm³/mol. The van der Waals surface area contributed by atoms with Gasteiger partial charge in [-0.05, 0) is 6.42 Å². The molecule has 0 aromatic heterocycles. The van der Waals surface area contributed by atoms with E-state index in [1.165, 1.54) is 6.08 Å². The second kappa shape index (κ2) is 4.04. The highest BCUT2D eigenvalue weighted by Gasteiger charge is 2.29. The monoisotopic (exact) mass is 184 g/mol. The van der Waals surface area contributed by atoms with E-state index in [1.54, 1.807) is 7.05 Å². The second-order valence-electron chi connectivity index (χ2n) is 2.68. The first-order valence-corrected chi connectivity index (χ1v) is 4.07. The Morgan fingerprint density at radius 1 is 1.54 bits per heavy atom. The SMILES string of the molecule is CNC1=CC(=O)N(CCCO)C1=O. The Labute approximate surface area is 76.0 Å². The van der Waals surface area contributed by atoms with Crippen molar-refractivity contribution in [1.82, 2.24) is 10.2 Å². The van der Waals surface area contributed by atoms with E-state index in [-0.39, 0.29) is 25.0 Å². The molecule has 5 heteroatoms. The van der Waals surface area contributed by atoms with Crippen molar-refractivity contribution in [2.24, 2.45) is 0 Å². The molecule has 0 aromatic rings. The van der Waals surface area contributed by atoms with Gasteiger partial charge in [-0.3, -0.25) is 14.5 Å². The van der Waals surface area contributed by atoms with Gasteiger partial charge in [0.25, 0.3) is 11.8 Å². The van der Waals surface area contributed by atoms with E-state index < -0.39 is 0 Å². The molecule has 0 saturated carbocycles. The first kappa shape index (κ1) is 9.73. The van der Waals surface area contributed by atoms with Crippen molar-refractivity contribution in [3.05, 3.63) is 11.8 Å². The third kappa shape index (κ3) is 1.86. The zero-order valence-electron chi connectivity index (χ0n) is 7.41. The average Bonchev–Trinajstić information content (AvgIpc) is 2.39. The number of hydrogen-bond acceptors (Lipinski definition) is 4. The lowest BCUT2D eigenvalue weighted by Crippen LogP contribution is -2.34. The molecule has 2 N–H and O–H groups in total. The van der Waals surface area contributed by atoms with Crippen molar-refractivity contribution in [3.63, 3.8) is 0 Å². The minimum absolute atomic E-state index is 0.0219. The number of aliphatic hydroxyl groups excluding tert-OH is 1. The van der Waals surface area contributed by atoms with Gasteiger partial charge in [0.1, 0.15) is 5.70 Å².